The molecule has 0 saturated carbocycles. The van der Waals surface area contributed by atoms with Gasteiger partial charge in [0.25, 0.3) is 0 Å². The number of rotatable bonds is 7. The van der Waals surface area contributed by atoms with Gasteiger partial charge in [0.05, 0.1) is 11.0 Å². The van der Waals surface area contributed by atoms with Crippen molar-refractivity contribution >= 4 is 22.8 Å². The Bertz CT molecular complexity index is 1130. The number of hydrogen-bond donors (Lipinski definition) is 2. The lowest BCUT2D eigenvalue weighted by Crippen LogP contribution is -2.55. The number of carbonyl (C=O) groups is 2. The number of hydrogen-bond acceptors (Lipinski definition) is 4. The van der Waals surface area contributed by atoms with Crippen LogP contribution in [0.4, 0.5) is 0 Å². The van der Waals surface area contributed by atoms with Crippen LogP contribution in [0.2, 0.25) is 0 Å². The van der Waals surface area contributed by atoms with Crippen molar-refractivity contribution in [3.63, 3.8) is 0 Å². The Balaban J connectivity index is 1.19. The number of aromatic nitrogens is 2. The molecule has 2 amide bonds. The number of aromatic amines is 1. The first-order chi connectivity index (χ1) is 17.1. The largest absolute Gasteiger partial charge is 0.351 e. The second-order valence-electron chi connectivity index (χ2n) is 10.1. The van der Waals surface area contributed by atoms with Crippen molar-refractivity contribution in [2.75, 3.05) is 26.7 Å². The van der Waals surface area contributed by atoms with Gasteiger partial charge in [-0.05, 0) is 62.9 Å². The lowest BCUT2D eigenvalue weighted by Gasteiger charge is -2.38. The van der Waals surface area contributed by atoms with E-state index in [0.29, 0.717) is 25.3 Å². The molecular weight excluding hydrogens is 438 g/mol. The van der Waals surface area contributed by atoms with Gasteiger partial charge in [-0.15, -0.1) is 0 Å². The summed E-state index contributed by atoms with van der Waals surface area (Å²) in [5.74, 6) is 1.22. The van der Waals surface area contributed by atoms with E-state index >= 15 is 0 Å². The van der Waals surface area contributed by atoms with E-state index < -0.39 is 0 Å². The summed E-state index contributed by atoms with van der Waals surface area (Å²) < 4.78 is 0. The van der Waals surface area contributed by atoms with Crippen LogP contribution in [0.3, 0.4) is 0 Å². The van der Waals surface area contributed by atoms with Crippen LogP contribution in [0.5, 0.6) is 0 Å². The second kappa shape index (κ2) is 10.6. The van der Waals surface area contributed by atoms with Gasteiger partial charge in [0, 0.05) is 32.0 Å². The first-order valence-electron chi connectivity index (χ1n) is 12.8. The zero-order valence-electron chi connectivity index (χ0n) is 20.5. The SMILES string of the molecule is CN1CC[C@@H](NC(=O)[C@@H]2CCCN2C(=O)CCc2nc3ccccc3[nH]2)[C@@H](Cc2ccccc2)C1. The molecule has 0 radical (unpaired) electrons. The van der Waals surface area contributed by atoms with E-state index in [4.69, 9.17) is 0 Å². The summed E-state index contributed by atoms with van der Waals surface area (Å²) in [4.78, 5) is 38.5. The molecule has 2 saturated heterocycles. The van der Waals surface area contributed by atoms with E-state index in [0.717, 1.165) is 55.6 Å². The highest BCUT2D eigenvalue weighted by molar-refractivity contribution is 5.88. The highest BCUT2D eigenvalue weighted by Gasteiger charge is 2.37. The van der Waals surface area contributed by atoms with Crippen LogP contribution in [-0.4, -0.2) is 70.3 Å². The number of para-hydroxylation sites is 2. The third kappa shape index (κ3) is 5.56. The van der Waals surface area contributed by atoms with Crippen molar-refractivity contribution in [1.82, 2.24) is 25.1 Å². The number of carbonyl (C=O) groups excluding carboxylic acids is 2. The molecule has 0 bridgehead atoms. The zero-order chi connectivity index (χ0) is 24.2. The number of likely N-dealkylation sites (tertiary alicyclic amines) is 2. The fourth-order valence-electron chi connectivity index (χ4n) is 5.64. The summed E-state index contributed by atoms with van der Waals surface area (Å²) in [7, 11) is 2.15. The van der Waals surface area contributed by atoms with Crippen LogP contribution in [0.15, 0.2) is 54.6 Å². The van der Waals surface area contributed by atoms with Gasteiger partial charge in [0.2, 0.25) is 11.8 Å². The Morgan fingerprint density at radius 2 is 1.86 bits per heavy atom. The molecule has 3 aromatic rings. The molecule has 0 aliphatic carbocycles. The molecule has 7 nitrogen and oxygen atoms in total. The number of piperidine rings is 1. The minimum absolute atomic E-state index is 0.00667. The van der Waals surface area contributed by atoms with Crippen molar-refractivity contribution < 1.29 is 9.59 Å². The standard InChI is InChI=1S/C28H35N5O2/c1-32-17-15-22(21(19-32)18-20-8-3-2-4-9-20)31-28(35)25-12-7-16-33(25)27(34)14-13-26-29-23-10-5-6-11-24(23)30-26/h2-6,8-11,21-22,25H,7,12-19H2,1H3,(H,29,30)(H,31,35)/t21-,22+,25-/m0/s1. The summed E-state index contributed by atoms with van der Waals surface area (Å²) >= 11 is 0. The predicted molar refractivity (Wildman–Crippen MR) is 137 cm³/mol. The summed E-state index contributed by atoms with van der Waals surface area (Å²) in [6.07, 6.45) is 4.39. The molecule has 0 unspecified atom stereocenters. The maximum Gasteiger partial charge on any atom is 0.243 e. The number of imidazole rings is 1. The molecular formula is C28H35N5O2. The molecule has 2 fully saturated rings. The smallest absolute Gasteiger partial charge is 0.243 e. The Morgan fingerprint density at radius 3 is 2.69 bits per heavy atom. The average molecular weight is 474 g/mol. The lowest BCUT2D eigenvalue weighted by molar-refractivity contribution is -0.139. The first-order valence-corrected chi connectivity index (χ1v) is 12.8. The third-order valence-corrected chi connectivity index (χ3v) is 7.50. The van der Waals surface area contributed by atoms with Gasteiger partial charge in [-0.2, -0.15) is 0 Å². The molecule has 2 aliphatic heterocycles. The van der Waals surface area contributed by atoms with Crippen LogP contribution in [0.1, 0.15) is 37.1 Å². The summed E-state index contributed by atoms with van der Waals surface area (Å²) in [6.45, 7) is 2.59. The number of nitrogens with one attached hydrogen (secondary N) is 2. The number of amides is 2. The van der Waals surface area contributed by atoms with E-state index in [1.807, 2.05) is 30.3 Å². The minimum atomic E-state index is -0.366. The molecule has 2 N–H and O–H groups in total. The molecule has 3 heterocycles. The summed E-state index contributed by atoms with van der Waals surface area (Å²) in [5, 5.41) is 3.35. The van der Waals surface area contributed by atoms with Crippen molar-refractivity contribution in [2.45, 2.75) is 50.6 Å². The highest BCUT2D eigenvalue weighted by atomic mass is 16.2. The van der Waals surface area contributed by atoms with E-state index in [2.05, 4.69) is 51.5 Å². The maximum absolute atomic E-state index is 13.4. The summed E-state index contributed by atoms with van der Waals surface area (Å²) in [5.41, 5.74) is 3.20. The molecule has 1 aromatic heterocycles. The second-order valence-corrected chi connectivity index (χ2v) is 10.1. The third-order valence-electron chi connectivity index (χ3n) is 7.50. The van der Waals surface area contributed by atoms with Gasteiger partial charge in [0.1, 0.15) is 11.9 Å². The number of fused-ring (bicyclic) bond motifs is 1. The van der Waals surface area contributed by atoms with E-state index in [1.54, 1.807) is 4.90 Å². The number of H-pyrrole nitrogens is 1. The van der Waals surface area contributed by atoms with Crippen molar-refractivity contribution in [3.8, 4) is 0 Å². The van der Waals surface area contributed by atoms with Gasteiger partial charge in [0.15, 0.2) is 0 Å². The van der Waals surface area contributed by atoms with Gasteiger partial charge in [-0.25, -0.2) is 4.98 Å². The molecule has 0 spiro atoms. The quantitative estimate of drug-likeness (QED) is 0.552. The monoisotopic (exact) mass is 473 g/mol. The normalized spacial score (nSPS) is 23.0. The fraction of sp³-hybridized carbons (Fsp3) is 0.464. The van der Waals surface area contributed by atoms with Gasteiger partial charge in [-0.1, -0.05) is 42.5 Å². The minimum Gasteiger partial charge on any atom is -0.351 e. The van der Waals surface area contributed by atoms with Gasteiger partial charge < -0.3 is 20.1 Å². The first kappa shape index (κ1) is 23.5. The van der Waals surface area contributed by atoms with E-state index in [9.17, 15) is 9.59 Å². The van der Waals surface area contributed by atoms with Gasteiger partial charge >= 0.3 is 0 Å². The Labute approximate surface area is 206 Å². The molecule has 184 valence electrons. The number of aryl methyl sites for hydroxylation is 1. The molecule has 3 atom stereocenters. The average Bonchev–Trinajstić information content (AvgIpc) is 3.52. The molecule has 35 heavy (non-hydrogen) atoms. The van der Waals surface area contributed by atoms with E-state index in [-0.39, 0.29) is 23.9 Å². The molecule has 5 rings (SSSR count). The molecule has 2 aliphatic rings. The van der Waals surface area contributed by atoms with Crippen molar-refractivity contribution in [3.05, 3.63) is 66.0 Å². The Kier molecular flexibility index (Phi) is 7.13. The zero-order valence-corrected chi connectivity index (χ0v) is 20.5. The highest BCUT2D eigenvalue weighted by Crippen LogP contribution is 2.24. The Morgan fingerprint density at radius 1 is 1.06 bits per heavy atom. The number of benzene rings is 2. The van der Waals surface area contributed by atoms with Crippen LogP contribution in [-0.2, 0) is 22.4 Å². The topological polar surface area (TPSA) is 81.3 Å². The predicted octanol–water partition coefficient (Wildman–Crippen LogP) is 3.17. The summed E-state index contributed by atoms with van der Waals surface area (Å²) in [6, 6.07) is 18.1. The number of nitrogens with zero attached hydrogens (tertiary/aromatic N) is 3. The van der Waals surface area contributed by atoms with Crippen LogP contribution >= 0.6 is 0 Å². The van der Waals surface area contributed by atoms with Crippen molar-refractivity contribution in [2.24, 2.45) is 5.92 Å². The molecule has 2 aromatic carbocycles. The Hall–Kier alpha value is -3.19. The molecule has 7 heteroatoms. The van der Waals surface area contributed by atoms with Gasteiger partial charge in [-0.3, -0.25) is 9.59 Å². The fourth-order valence-corrected chi connectivity index (χ4v) is 5.64. The van der Waals surface area contributed by atoms with Crippen molar-refractivity contribution in [1.29, 1.82) is 0 Å². The maximum atomic E-state index is 13.4. The lowest BCUT2D eigenvalue weighted by atomic mass is 9.86. The van der Waals surface area contributed by atoms with Crippen LogP contribution in [0, 0.1) is 5.92 Å². The van der Waals surface area contributed by atoms with E-state index in [1.165, 1.54) is 5.56 Å². The van der Waals surface area contributed by atoms with Crippen LogP contribution < -0.4 is 5.32 Å². The van der Waals surface area contributed by atoms with Crippen LogP contribution in [0.25, 0.3) is 11.0 Å².